The number of amides is 1. The van der Waals surface area contributed by atoms with Crippen molar-refractivity contribution >= 4 is 23.2 Å². The molecule has 2 aromatic rings. The number of nitrogens with zero attached hydrogens (tertiary/aromatic N) is 3. The first-order chi connectivity index (χ1) is 8.33. The predicted molar refractivity (Wildman–Crippen MR) is 65.2 cm³/mol. The molecule has 0 spiro atoms. The van der Waals surface area contributed by atoms with Crippen LogP contribution in [0.4, 0.5) is 5.95 Å². The fraction of sp³-hybridized carbons (Fsp3) is 0.364. The smallest absolute Gasteiger partial charge is 0.258 e. The fourth-order valence-corrected chi connectivity index (χ4v) is 2.54. The van der Waals surface area contributed by atoms with Gasteiger partial charge in [-0.25, -0.2) is 4.68 Å². The van der Waals surface area contributed by atoms with Gasteiger partial charge in [0.2, 0.25) is 5.95 Å². The summed E-state index contributed by atoms with van der Waals surface area (Å²) in [5.74, 6) is 1.24. The van der Waals surface area contributed by atoms with Crippen molar-refractivity contribution < 1.29 is 4.79 Å². The monoisotopic (exact) mass is 248 g/mol. The second-order valence-electron chi connectivity index (χ2n) is 4.00. The van der Waals surface area contributed by atoms with E-state index in [2.05, 4.69) is 15.4 Å². The van der Waals surface area contributed by atoms with Gasteiger partial charge < -0.3 is 0 Å². The maximum absolute atomic E-state index is 11.8. The highest BCUT2D eigenvalue weighted by Gasteiger charge is 2.15. The number of nitrogens with one attached hydrogen (secondary N) is 1. The van der Waals surface area contributed by atoms with Crippen molar-refractivity contribution in [1.29, 1.82) is 0 Å². The van der Waals surface area contributed by atoms with E-state index >= 15 is 0 Å². The van der Waals surface area contributed by atoms with Gasteiger partial charge in [0.05, 0.1) is 5.56 Å². The molecule has 5 nitrogen and oxygen atoms in total. The Hall–Kier alpha value is -1.69. The van der Waals surface area contributed by atoms with Crippen LogP contribution >= 0.6 is 11.3 Å². The zero-order valence-corrected chi connectivity index (χ0v) is 10.0. The maximum Gasteiger partial charge on any atom is 0.258 e. The van der Waals surface area contributed by atoms with Crippen molar-refractivity contribution in [2.45, 2.75) is 25.8 Å². The maximum atomic E-state index is 11.8. The number of anilines is 1. The highest BCUT2D eigenvalue weighted by atomic mass is 32.1. The molecule has 0 radical (unpaired) electrons. The second kappa shape index (κ2) is 4.29. The largest absolute Gasteiger partial charge is 0.289 e. The average molecular weight is 248 g/mol. The van der Waals surface area contributed by atoms with Crippen LogP contribution in [0.5, 0.6) is 0 Å². The first kappa shape index (κ1) is 10.5. The number of aryl methyl sites for hydroxylation is 2. The molecule has 1 amide bonds. The Morgan fingerprint density at radius 2 is 2.41 bits per heavy atom. The van der Waals surface area contributed by atoms with Crippen LogP contribution in [0.25, 0.3) is 0 Å². The van der Waals surface area contributed by atoms with Crippen LogP contribution in [0, 0.1) is 0 Å². The average Bonchev–Trinajstić information content (AvgIpc) is 2.97. The van der Waals surface area contributed by atoms with Gasteiger partial charge in [-0.3, -0.25) is 10.1 Å². The highest BCUT2D eigenvalue weighted by Crippen LogP contribution is 2.15. The third-order valence-electron chi connectivity index (χ3n) is 2.78. The number of carbonyl (C=O) groups is 1. The van der Waals surface area contributed by atoms with Gasteiger partial charge in [-0.2, -0.15) is 16.3 Å². The Labute approximate surface area is 102 Å². The zero-order valence-electron chi connectivity index (χ0n) is 9.22. The Balaban J connectivity index is 1.77. The van der Waals surface area contributed by atoms with Crippen molar-refractivity contribution in [2.24, 2.45) is 0 Å². The quantitative estimate of drug-likeness (QED) is 0.883. The predicted octanol–water partition coefficient (Wildman–Crippen LogP) is 1.93. The SMILES string of the molecule is O=C(Nc1nc2n(n1)CCCC2)c1ccsc1. The molecule has 0 saturated carbocycles. The van der Waals surface area contributed by atoms with Crippen molar-refractivity contribution in [3.63, 3.8) is 0 Å². The number of thiophene rings is 1. The van der Waals surface area contributed by atoms with Crippen LogP contribution in [0.15, 0.2) is 16.8 Å². The van der Waals surface area contributed by atoms with E-state index in [4.69, 9.17) is 0 Å². The number of carbonyl (C=O) groups excluding carboxylic acids is 1. The molecular formula is C11H12N4OS. The van der Waals surface area contributed by atoms with E-state index in [9.17, 15) is 4.79 Å². The van der Waals surface area contributed by atoms with Gasteiger partial charge in [0.15, 0.2) is 0 Å². The number of rotatable bonds is 2. The number of aromatic nitrogens is 3. The second-order valence-corrected chi connectivity index (χ2v) is 4.78. The Kier molecular flexibility index (Phi) is 2.64. The van der Waals surface area contributed by atoms with Gasteiger partial charge in [-0.15, -0.1) is 5.10 Å². The molecule has 0 unspecified atom stereocenters. The number of hydrogen-bond acceptors (Lipinski definition) is 4. The Morgan fingerprint density at radius 3 is 3.18 bits per heavy atom. The summed E-state index contributed by atoms with van der Waals surface area (Å²) in [6.45, 7) is 0.899. The third-order valence-corrected chi connectivity index (χ3v) is 3.46. The Morgan fingerprint density at radius 1 is 1.47 bits per heavy atom. The van der Waals surface area contributed by atoms with E-state index in [1.807, 2.05) is 15.4 Å². The summed E-state index contributed by atoms with van der Waals surface area (Å²) in [6, 6.07) is 1.79. The van der Waals surface area contributed by atoms with Crippen LogP contribution in [-0.2, 0) is 13.0 Å². The minimum Gasteiger partial charge on any atom is -0.289 e. The normalized spacial score (nSPS) is 14.4. The minimum absolute atomic E-state index is 0.144. The molecule has 3 rings (SSSR count). The van der Waals surface area contributed by atoms with E-state index in [0.29, 0.717) is 11.5 Å². The van der Waals surface area contributed by atoms with E-state index in [-0.39, 0.29) is 5.91 Å². The molecule has 88 valence electrons. The molecule has 0 bridgehead atoms. The van der Waals surface area contributed by atoms with E-state index in [1.165, 1.54) is 11.3 Å². The van der Waals surface area contributed by atoms with Crippen LogP contribution in [-0.4, -0.2) is 20.7 Å². The molecule has 0 aliphatic carbocycles. The van der Waals surface area contributed by atoms with Crippen molar-refractivity contribution in [3.8, 4) is 0 Å². The third kappa shape index (κ3) is 2.08. The summed E-state index contributed by atoms with van der Waals surface area (Å²) in [6.07, 6.45) is 3.23. The van der Waals surface area contributed by atoms with Crippen molar-refractivity contribution in [1.82, 2.24) is 14.8 Å². The van der Waals surface area contributed by atoms with E-state index < -0.39 is 0 Å². The molecule has 0 fully saturated rings. The number of fused-ring (bicyclic) bond motifs is 1. The van der Waals surface area contributed by atoms with Gasteiger partial charge in [-0.05, 0) is 24.3 Å². The molecule has 3 heterocycles. The molecule has 0 saturated heterocycles. The standard InChI is InChI=1S/C11H12N4OS/c16-10(8-4-6-17-7-8)13-11-12-9-3-1-2-5-15(9)14-11/h4,6-7H,1-3,5H2,(H,13,14,16). The summed E-state index contributed by atoms with van der Waals surface area (Å²) in [4.78, 5) is 16.1. The molecule has 1 aliphatic rings. The molecule has 17 heavy (non-hydrogen) atoms. The molecule has 6 heteroatoms. The lowest BCUT2D eigenvalue weighted by Crippen LogP contribution is -2.13. The summed E-state index contributed by atoms with van der Waals surface area (Å²) in [5.41, 5.74) is 0.655. The lowest BCUT2D eigenvalue weighted by atomic mass is 10.2. The zero-order chi connectivity index (χ0) is 11.7. The summed E-state index contributed by atoms with van der Waals surface area (Å²) in [7, 11) is 0. The van der Waals surface area contributed by atoms with E-state index in [1.54, 1.807) is 6.07 Å². The summed E-state index contributed by atoms with van der Waals surface area (Å²) in [5, 5.41) is 10.7. The first-order valence-electron chi connectivity index (χ1n) is 5.60. The molecular weight excluding hydrogens is 236 g/mol. The highest BCUT2D eigenvalue weighted by molar-refractivity contribution is 7.08. The van der Waals surface area contributed by atoms with Gasteiger partial charge in [0.1, 0.15) is 5.82 Å². The molecule has 2 aromatic heterocycles. The van der Waals surface area contributed by atoms with Crippen LogP contribution < -0.4 is 5.32 Å². The topological polar surface area (TPSA) is 59.8 Å². The van der Waals surface area contributed by atoms with Gasteiger partial charge >= 0.3 is 0 Å². The first-order valence-corrected chi connectivity index (χ1v) is 6.54. The van der Waals surface area contributed by atoms with Crippen LogP contribution in [0.2, 0.25) is 0 Å². The van der Waals surface area contributed by atoms with Gasteiger partial charge in [-0.1, -0.05) is 0 Å². The summed E-state index contributed by atoms with van der Waals surface area (Å²) >= 11 is 1.50. The van der Waals surface area contributed by atoms with Crippen molar-refractivity contribution in [3.05, 3.63) is 28.2 Å². The van der Waals surface area contributed by atoms with Crippen LogP contribution in [0.3, 0.4) is 0 Å². The molecule has 0 aromatic carbocycles. The lowest BCUT2D eigenvalue weighted by Gasteiger charge is -2.09. The van der Waals surface area contributed by atoms with E-state index in [0.717, 1.165) is 31.6 Å². The van der Waals surface area contributed by atoms with Gasteiger partial charge in [0, 0.05) is 18.3 Å². The Bertz CT molecular complexity index is 508. The van der Waals surface area contributed by atoms with Crippen molar-refractivity contribution in [2.75, 3.05) is 5.32 Å². The fourth-order valence-electron chi connectivity index (χ4n) is 1.90. The molecule has 1 N–H and O–H groups in total. The summed E-state index contributed by atoms with van der Waals surface area (Å²) < 4.78 is 1.88. The molecule has 0 atom stereocenters. The number of hydrogen-bond donors (Lipinski definition) is 1. The molecule has 1 aliphatic heterocycles. The van der Waals surface area contributed by atoms with Crippen LogP contribution in [0.1, 0.15) is 29.0 Å². The minimum atomic E-state index is -0.144. The lowest BCUT2D eigenvalue weighted by molar-refractivity contribution is 0.102. The van der Waals surface area contributed by atoms with Gasteiger partial charge in [0.25, 0.3) is 5.91 Å².